The fourth-order valence-corrected chi connectivity index (χ4v) is 4.62. The highest BCUT2D eigenvalue weighted by Crippen LogP contribution is 2.29. The molecule has 2 aliphatic rings. The lowest BCUT2D eigenvalue weighted by molar-refractivity contribution is 0.00175. The third-order valence-corrected chi connectivity index (χ3v) is 6.37. The van der Waals surface area contributed by atoms with Crippen molar-refractivity contribution in [2.24, 2.45) is 0 Å². The Kier molecular flexibility index (Phi) is 4.90. The van der Waals surface area contributed by atoms with Crippen molar-refractivity contribution in [2.45, 2.75) is 74.7 Å². The molecule has 5 heteroatoms. The maximum Gasteiger partial charge on any atom is 0.150 e. The van der Waals surface area contributed by atoms with Crippen LogP contribution >= 0.6 is 0 Å². The van der Waals surface area contributed by atoms with E-state index in [2.05, 4.69) is 5.32 Å². The van der Waals surface area contributed by atoms with Crippen LogP contribution in [-0.4, -0.2) is 43.2 Å². The van der Waals surface area contributed by atoms with Crippen molar-refractivity contribution in [1.29, 1.82) is 0 Å². The molecule has 0 bridgehead atoms. The Hall–Kier alpha value is -0.130. The molecule has 2 atom stereocenters. The van der Waals surface area contributed by atoms with Crippen LogP contribution in [0.1, 0.15) is 57.8 Å². The van der Waals surface area contributed by atoms with Crippen molar-refractivity contribution < 1.29 is 13.5 Å². The molecule has 2 N–H and O–H groups in total. The predicted molar refractivity (Wildman–Crippen MR) is 76.9 cm³/mol. The summed E-state index contributed by atoms with van der Waals surface area (Å²) in [6.07, 6.45) is 10.0. The topological polar surface area (TPSA) is 66.4 Å². The van der Waals surface area contributed by atoms with E-state index in [0.29, 0.717) is 13.0 Å². The van der Waals surface area contributed by atoms with Gasteiger partial charge in [-0.25, -0.2) is 8.42 Å². The second-order valence-corrected chi connectivity index (χ2v) is 8.81. The first-order chi connectivity index (χ1) is 8.89. The van der Waals surface area contributed by atoms with E-state index in [-0.39, 0.29) is 11.3 Å². The zero-order valence-corrected chi connectivity index (χ0v) is 12.7. The molecule has 4 nitrogen and oxygen atoms in total. The maximum atomic E-state index is 11.6. The van der Waals surface area contributed by atoms with Gasteiger partial charge in [0.2, 0.25) is 0 Å². The first-order valence-electron chi connectivity index (χ1n) is 7.54. The van der Waals surface area contributed by atoms with Gasteiger partial charge in [-0.15, -0.1) is 0 Å². The van der Waals surface area contributed by atoms with Gasteiger partial charge in [-0.2, -0.15) is 0 Å². The van der Waals surface area contributed by atoms with E-state index < -0.39 is 15.4 Å². The molecule has 19 heavy (non-hydrogen) atoms. The number of hydrogen-bond acceptors (Lipinski definition) is 4. The fourth-order valence-electron chi connectivity index (χ4n) is 3.44. The second-order valence-electron chi connectivity index (χ2n) is 6.48. The van der Waals surface area contributed by atoms with Crippen molar-refractivity contribution >= 4 is 9.84 Å². The second kappa shape index (κ2) is 6.10. The summed E-state index contributed by atoms with van der Waals surface area (Å²) in [5.74, 6) is 0. The highest BCUT2D eigenvalue weighted by molar-refractivity contribution is 7.91. The van der Waals surface area contributed by atoms with Crippen LogP contribution in [0.5, 0.6) is 0 Å². The minimum Gasteiger partial charge on any atom is -0.389 e. The third-order valence-electron chi connectivity index (χ3n) is 4.74. The molecule has 2 fully saturated rings. The van der Waals surface area contributed by atoms with Crippen LogP contribution in [0.15, 0.2) is 0 Å². The Bertz CT molecular complexity index is 387. The average molecular weight is 289 g/mol. The predicted octanol–water partition coefficient (Wildman–Crippen LogP) is 1.63. The van der Waals surface area contributed by atoms with Gasteiger partial charge in [0.25, 0.3) is 0 Å². The molecule has 2 aliphatic carbocycles. The van der Waals surface area contributed by atoms with Gasteiger partial charge in [-0.1, -0.05) is 25.7 Å². The van der Waals surface area contributed by atoms with Gasteiger partial charge in [0.15, 0.2) is 0 Å². The average Bonchev–Trinajstić information content (AvgIpc) is 2.37. The minimum atomic E-state index is -2.92. The third kappa shape index (κ3) is 4.43. The number of aliphatic hydroxyl groups is 1. The summed E-state index contributed by atoms with van der Waals surface area (Å²) in [6.45, 7) is 0.619. The van der Waals surface area contributed by atoms with E-state index in [1.807, 2.05) is 0 Å². The monoisotopic (exact) mass is 289 g/mol. The summed E-state index contributed by atoms with van der Waals surface area (Å²) in [4.78, 5) is 0. The Morgan fingerprint density at radius 2 is 1.84 bits per heavy atom. The Morgan fingerprint density at radius 3 is 2.47 bits per heavy atom. The first kappa shape index (κ1) is 15.3. The number of hydrogen-bond donors (Lipinski definition) is 2. The van der Waals surface area contributed by atoms with Gasteiger partial charge in [-0.3, -0.25) is 0 Å². The number of rotatable bonds is 4. The zero-order valence-electron chi connectivity index (χ0n) is 11.9. The molecule has 0 saturated heterocycles. The van der Waals surface area contributed by atoms with Crippen LogP contribution in [-0.2, 0) is 9.84 Å². The molecule has 2 unspecified atom stereocenters. The van der Waals surface area contributed by atoms with Crippen molar-refractivity contribution in [2.75, 3.05) is 12.8 Å². The van der Waals surface area contributed by atoms with Crippen molar-refractivity contribution in [3.05, 3.63) is 0 Å². The van der Waals surface area contributed by atoms with Crippen LogP contribution in [0.2, 0.25) is 0 Å². The maximum absolute atomic E-state index is 11.6. The van der Waals surface area contributed by atoms with Gasteiger partial charge in [-0.05, 0) is 32.1 Å². The number of nitrogens with one attached hydrogen (secondary N) is 1. The molecular formula is C14H27NO3S. The molecule has 0 radical (unpaired) electrons. The lowest BCUT2D eigenvalue weighted by Gasteiger charge is -2.36. The van der Waals surface area contributed by atoms with Crippen molar-refractivity contribution in [3.8, 4) is 0 Å². The standard InChI is InChI=1S/C14H27NO3S/c1-19(17,18)13-7-5-6-12(10-13)15-11-14(16)8-3-2-4-9-14/h12-13,15-16H,2-11H2,1H3. The lowest BCUT2D eigenvalue weighted by atomic mass is 9.84. The van der Waals surface area contributed by atoms with Crippen molar-refractivity contribution in [3.63, 3.8) is 0 Å². The number of sulfone groups is 1. The molecule has 2 saturated carbocycles. The van der Waals surface area contributed by atoms with E-state index >= 15 is 0 Å². The summed E-state index contributed by atoms with van der Waals surface area (Å²) in [5.41, 5.74) is -0.559. The molecule has 0 aromatic rings. The van der Waals surface area contributed by atoms with Crippen LogP contribution in [0.4, 0.5) is 0 Å². The molecule has 0 aliphatic heterocycles. The largest absolute Gasteiger partial charge is 0.389 e. The van der Waals surface area contributed by atoms with Crippen LogP contribution in [0, 0.1) is 0 Å². The normalized spacial score (nSPS) is 32.1. The van der Waals surface area contributed by atoms with Crippen molar-refractivity contribution in [1.82, 2.24) is 5.32 Å². The van der Waals surface area contributed by atoms with E-state index in [4.69, 9.17) is 0 Å². The van der Waals surface area contributed by atoms with Gasteiger partial charge in [0, 0.05) is 18.8 Å². The minimum absolute atomic E-state index is 0.195. The molecule has 0 aromatic heterocycles. The smallest absolute Gasteiger partial charge is 0.150 e. The van der Waals surface area contributed by atoms with Gasteiger partial charge in [0.05, 0.1) is 10.9 Å². The van der Waals surface area contributed by atoms with E-state index in [1.54, 1.807) is 0 Å². The Labute approximate surface area is 116 Å². The summed E-state index contributed by atoms with van der Waals surface area (Å²) in [6, 6.07) is 0.249. The Balaban J connectivity index is 1.82. The highest BCUT2D eigenvalue weighted by Gasteiger charge is 2.32. The van der Waals surface area contributed by atoms with Crippen LogP contribution in [0.3, 0.4) is 0 Å². The van der Waals surface area contributed by atoms with E-state index in [9.17, 15) is 13.5 Å². The van der Waals surface area contributed by atoms with Crippen LogP contribution < -0.4 is 5.32 Å². The van der Waals surface area contributed by atoms with Gasteiger partial charge < -0.3 is 10.4 Å². The lowest BCUT2D eigenvalue weighted by Crippen LogP contribution is -2.48. The van der Waals surface area contributed by atoms with Crippen LogP contribution in [0.25, 0.3) is 0 Å². The summed E-state index contributed by atoms with van der Waals surface area (Å²) < 4.78 is 23.2. The molecule has 2 rings (SSSR count). The quantitative estimate of drug-likeness (QED) is 0.825. The molecule has 0 aromatic carbocycles. The summed E-state index contributed by atoms with van der Waals surface area (Å²) in [7, 11) is -2.92. The van der Waals surface area contributed by atoms with Gasteiger partial charge >= 0.3 is 0 Å². The molecule has 0 spiro atoms. The fraction of sp³-hybridized carbons (Fsp3) is 1.00. The SMILES string of the molecule is CS(=O)(=O)C1CCCC(NCC2(O)CCCCC2)C1. The molecule has 0 heterocycles. The summed E-state index contributed by atoms with van der Waals surface area (Å²) >= 11 is 0. The molecule has 112 valence electrons. The first-order valence-corrected chi connectivity index (χ1v) is 9.49. The molecular weight excluding hydrogens is 262 g/mol. The highest BCUT2D eigenvalue weighted by atomic mass is 32.2. The zero-order chi connectivity index (χ0) is 13.9. The Morgan fingerprint density at radius 1 is 1.16 bits per heavy atom. The van der Waals surface area contributed by atoms with Gasteiger partial charge in [0.1, 0.15) is 9.84 Å². The summed E-state index contributed by atoms with van der Waals surface area (Å²) in [5, 5.41) is 13.7. The van der Waals surface area contributed by atoms with E-state index in [0.717, 1.165) is 44.9 Å². The van der Waals surface area contributed by atoms with E-state index in [1.165, 1.54) is 12.7 Å². The molecule has 0 amide bonds.